The van der Waals surface area contributed by atoms with Gasteiger partial charge in [-0.05, 0) is 19.3 Å². The van der Waals surface area contributed by atoms with Crippen molar-refractivity contribution in [2.75, 3.05) is 0 Å². The Morgan fingerprint density at radius 1 is 1.12 bits per heavy atom. The summed E-state index contributed by atoms with van der Waals surface area (Å²) in [5.41, 5.74) is 0. The van der Waals surface area contributed by atoms with Crippen molar-refractivity contribution in [2.24, 2.45) is 0 Å². The van der Waals surface area contributed by atoms with Gasteiger partial charge < -0.3 is 0 Å². The lowest BCUT2D eigenvalue weighted by Crippen LogP contribution is -1.76. The molecule has 0 aliphatic heterocycles. The van der Waals surface area contributed by atoms with Crippen LogP contribution in [0.2, 0.25) is 0 Å². The zero-order chi connectivity index (χ0) is 6.24. The Labute approximate surface area is 53.3 Å². The fraction of sp³-hybridized carbons (Fsp3) is 0.500. The SMILES string of the molecule is [CH2]C[CH]C[CH]CC[CH2]. The lowest BCUT2D eigenvalue weighted by molar-refractivity contribution is 0.892. The molecule has 0 bridgehead atoms. The first-order chi connectivity index (χ1) is 3.91. The summed E-state index contributed by atoms with van der Waals surface area (Å²) in [6.07, 6.45) is 8.59. The van der Waals surface area contributed by atoms with E-state index in [2.05, 4.69) is 26.7 Å². The van der Waals surface area contributed by atoms with Crippen LogP contribution in [-0.4, -0.2) is 0 Å². The van der Waals surface area contributed by atoms with Crippen LogP contribution in [0.15, 0.2) is 0 Å². The smallest absolute Gasteiger partial charge is 0.0383 e. The van der Waals surface area contributed by atoms with Crippen LogP contribution in [0.1, 0.15) is 25.7 Å². The quantitative estimate of drug-likeness (QED) is 0.477. The van der Waals surface area contributed by atoms with Gasteiger partial charge in [0.2, 0.25) is 0 Å². The highest BCUT2D eigenvalue weighted by molar-refractivity contribution is 4.76. The fourth-order valence-corrected chi connectivity index (χ4v) is 0.498. The minimum atomic E-state index is 0.938. The molecule has 0 unspecified atom stereocenters. The van der Waals surface area contributed by atoms with E-state index in [4.69, 9.17) is 0 Å². The van der Waals surface area contributed by atoms with Gasteiger partial charge in [0.25, 0.3) is 0 Å². The molecule has 0 fully saturated rings. The van der Waals surface area contributed by atoms with Gasteiger partial charge in [-0.1, -0.05) is 33.1 Å². The third-order valence-electron chi connectivity index (χ3n) is 0.946. The number of hydrogen-bond acceptors (Lipinski definition) is 0. The molecule has 0 spiro atoms. The maximum Gasteiger partial charge on any atom is -0.0383 e. The van der Waals surface area contributed by atoms with Crippen LogP contribution in [-0.2, 0) is 0 Å². The third kappa shape index (κ3) is 6.00. The molecule has 0 aromatic rings. The highest BCUT2D eigenvalue weighted by Crippen LogP contribution is 2.00. The van der Waals surface area contributed by atoms with Gasteiger partial charge >= 0.3 is 0 Å². The molecule has 0 aromatic carbocycles. The first-order valence-corrected chi connectivity index (χ1v) is 3.13. The predicted octanol–water partition coefficient (Wildman–Crippen LogP) is 2.62. The van der Waals surface area contributed by atoms with E-state index in [1.807, 2.05) is 0 Å². The molecule has 0 N–H and O–H groups in total. The summed E-state index contributed by atoms with van der Waals surface area (Å²) in [6.45, 7) is 7.41. The average molecular weight is 110 g/mol. The van der Waals surface area contributed by atoms with E-state index in [-0.39, 0.29) is 0 Å². The Bertz CT molecular complexity index is 25.0. The first-order valence-electron chi connectivity index (χ1n) is 3.13. The van der Waals surface area contributed by atoms with Crippen LogP contribution >= 0.6 is 0 Å². The van der Waals surface area contributed by atoms with E-state index in [9.17, 15) is 0 Å². The van der Waals surface area contributed by atoms with E-state index in [1.165, 1.54) is 0 Å². The molecule has 0 nitrogen and oxygen atoms in total. The summed E-state index contributed by atoms with van der Waals surface area (Å²) in [5, 5.41) is 0. The second-order valence-electron chi connectivity index (χ2n) is 1.74. The van der Waals surface area contributed by atoms with E-state index in [0.717, 1.165) is 25.7 Å². The van der Waals surface area contributed by atoms with Gasteiger partial charge in [-0.3, -0.25) is 0 Å². The van der Waals surface area contributed by atoms with Crippen molar-refractivity contribution in [1.29, 1.82) is 0 Å². The first kappa shape index (κ1) is 8.00. The Hall–Kier alpha value is 0. The molecule has 4 radical (unpaired) electrons. The van der Waals surface area contributed by atoms with Crippen molar-refractivity contribution in [1.82, 2.24) is 0 Å². The van der Waals surface area contributed by atoms with Gasteiger partial charge in [-0.25, -0.2) is 0 Å². The van der Waals surface area contributed by atoms with Gasteiger partial charge in [0.1, 0.15) is 0 Å². The lowest BCUT2D eigenvalue weighted by atomic mass is 10.1. The monoisotopic (exact) mass is 110 g/mol. The maximum absolute atomic E-state index is 3.72. The Morgan fingerprint density at radius 3 is 2.38 bits per heavy atom. The second kappa shape index (κ2) is 7.00. The van der Waals surface area contributed by atoms with Gasteiger partial charge in [0, 0.05) is 0 Å². The van der Waals surface area contributed by atoms with Gasteiger partial charge in [0.15, 0.2) is 0 Å². The molecule has 0 aromatic heterocycles. The Kier molecular flexibility index (Phi) is 7.00. The molecule has 46 valence electrons. The van der Waals surface area contributed by atoms with Crippen molar-refractivity contribution in [3.05, 3.63) is 26.7 Å². The largest absolute Gasteiger partial charge is 0.0533 e. The van der Waals surface area contributed by atoms with Crippen LogP contribution in [0.3, 0.4) is 0 Å². The average Bonchev–Trinajstić information content (AvgIpc) is 1.81. The number of unbranched alkanes of at least 4 members (excludes halogenated alkanes) is 5. The third-order valence-corrected chi connectivity index (χ3v) is 0.946. The van der Waals surface area contributed by atoms with Crippen molar-refractivity contribution < 1.29 is 0 Å². The molecular weight excluding hydrogens is 96.1 g/mol. The maximum atomic E-state index is 3.72. The highest BCUT2D eigenvalue weighted by Gasteiger charge is 1.84. The molecule has 0 rings (SSSR count). The van der Waals surface area contributed by atoms with Gasteiger partial charge in [0.05, 0.1) is 0 Å². The zero-order valence-corrected chi connectivity index (χ0v) is 5.40. The summed E-state index contributed by atoms with van der Waals surface area (Å²) >= 11 is 0. The molecule has 0 atom stereocenters. The van der Waals surface area contributed by atoms with Crippen molar-refractivity contribution in [3.8, 4) is 0 Å². The van der Waals surface area contributed by atoms with Gasteiger partial charge in [-0.15, -0.1) is 0 Å². The molecule has 0 amide bonds. The van der Waals surface area contributed by atoms with E-state index >= 15 is 0 Å². The van der Waals surface area contributed by atoms with Crippen LogP contribution in [0.4, 0.5) is 0 Å². The van der Waals surface area contributed by atoms with E-state index < -0.39 is 0 Å². The highest BCUT2D eigenvalue weighted by atomic mass is 13.9. The summed E-state index contributed by atoms with van der Waals surface area (Å²) < 4.78 is 0. The zero-order valence-electron chi connectivity index (χ0n) is 5.40. The summed E-state index contributed by atoms with van der Waals surface area (Å²) in [5.74, 6) is 0. The Morgan fingerprint density at radius 2 is 1.88 bits per heavy atom. The standard InChI is InChI=1S/C8H14/c1-3-5-7-8-6-4-2/h5,8H,1-4,6-7H2. The van der Waals surface area contributed by atoms with Crippen LogP contribution < -0.4 is 0 Å². The topological polar surface area (TPSA) is 0 Å². The minimum absolute atomic E-state index is 0.938. The molecule has 0 aliphatic carbocycles. The van der Waals surface area contributed by atoms with Crippen molar-refractivity contribution in [3.63, 3.8) is 0 Å². The number of rotatable bonds is 5. The number of hydrogen-bond donors (Lipinski definition) is 0. The second-order valence-corrected chi connectivity index (χ2v) is 1.74. The molecule has 0 saturated heterocycles. The van der Waals surface area contributed by atoms with Crippen LogP contribution in [0.5, 0.6) is 0 Å². The molecule has 0 heteroatoms. The van der Waals surface area contributed by atoms with E-state index in [1.54, 1.807) is 0 Å². The molecule has 0 heterocycles. The van der Waals surface area contributed by atoms with Crippen LogP contribution in [0, 0.1) is 26.7 Å². The predicted molar refractivity (Wildman–Crippen MR) is 37.8 cm³/mol. The molecule has 8 heavy (non-hydrogen) atoms. The van der Waals surface area contributed by atoms with Crippen LogP contribution in [0.25, 0.3) is 0 Å². The fourth-order valence-electron chi connectivity index (χ4n) is 0.498. The minimum Gasteiger partial charge on any atom is -0.0533 e. The molecular formula is C8H14. The van der Waals surface area contributed by atoms with E-state index in [0.29, 0.717) is 0 Å². The van der Waals surface area contributed by atoms with Crippen molar-refractivity contribution in [2.45, 2.75) is 25.7 Å². The lowest BCUT2D eigenvalue weighted by Gasteiger charge is -1.92. The molecule has 0 saturated carbocycles. The summed E-state index contributed by atoms with van der Waals surface area (Å²) in [7, 11) is 0. The summed E-state index contributed by atoms with van der Waals surface area (Å²) in [6, 6.07) is 0. The summed E-state index contributed by atoms with van der Waals surface area (Å²) in [4.78, 5) is 0. The Balaban J connectivity index is 2.53. The van der Waals surface area contributed by atoms with Crippen molar-refractivity contribution >= 4 is 0 Å². The molecule has 0 aliphatic rings. The normalized spacial score (nSPS) is 9.75. The van der Waals surface area contributed by atoms with Gasteiger partial charge in [-0.2, -0.15) is 0 Å².